The fraction of sp³-hybridized carbons (Fsp3) is 0.552. The lowest BCUT2D eigenvalue weighted by molar-refractivity contribution is 0.0678. The largest absolute Gasteiger partial charge is 0.491 e. The molecule has 0 radical (unpaired) electrons. The maximum atomic E-state index is 13.2. The predicted molar refractivity (Wildman–Crippen MR) is 134 cm³/mol. The van der Waals surface area contributed by atoms with E-state index >= 15 is 0 Å². The summed E-state index contributed by atoms with van der Waals surface area (Å²) in [5.74, 6) is 0.869. The fourth-order valence-corrected chi connectivity index (χ4v) is 5.60. The molecule has 1 amide bonds. The molecule has 0 N–H and O–H groups in total. The minimum atomic E-state index is 0.0771. The molecule has 0 saturated carbocycles. The van der Waals surface area contributed by atoms with E-state index in [1.165, 1.54) is 55.5 Å². The summed E-state index contributed by atoms with van der Waals surface area (Å²) in [6.07, 6.45) is 9.62. The summed E-state index contributed by atoms with van der Waals surface area (Å²) in [6, 6.07) is 14.7. The van der Waals surface area contributed by atoms with Gasteiger partial charge in [0.05, 0.1) is 6.10 Å². The van der Waals surface area contributed by atoms with Gasteiger partial charge >= 0.3 is 0 Å². The molecule has 1 aliphatic carbocycles. The molecule has 2 heterocycles. The summed E-state index contributed by atoms with van der Waals surface area (Å²) in [7, 11) is 1.94. The zero-order valence-electron chi connectivity index (χ0n) is 20.5. The lowest BCUT2D eigenvalue weighted by Gasteiger charge is -2.24. The Morgan fingerprint density at radius 2 is 1.76 bits per heavy atom. The molecule has 5 nitrogen and oxygen atoms in total. The van der Waals surface area contributed by atoms with Gasteiger partial charge in [0.15, 0.2) is 0 Å². The van der Waals surface area contributed by atoms with Crippen molar-refractivity contribution in [2.24, 2.45) is 0 Å². The maximum Gasteiger partial charge on any atom is 0.253 e. The smallest absolute Gasteiger partial charge is 0.253 e. The number of nitrogens with zero attached hydrogens (tertiary/aromatic N) is 2. The highest BCUT2D eigenvalue weighted by Gasteiger charge is 2.28. The molecule has 2 atom stereocenters. The Bertz CT molecular complexity index is 960. The second kappa shape index (κ2) is 10.9. The Labute approximate surface area is 204 Å². The first kappa shape index (κ1) is 23.4. The van der Waals surface area contributed by atoms with Gasteiger partial charge in [-0.05, 0) is 92.6 Å². The highest BCUT2D eigenvalue weighted by molar-refractivity contribution is 5.94. The monoisotopic (exact) mass is 462 g/mol. The van der Waals surface area contributed by atoms with Crippen LogP contribution in [-0.2, 0) is 24.1 Å². The molecular weight excluding hydrogens is 424 g/mol. The standard InChI is InChI=1S/C29H38N2O3/c1-30(29(32)23-10-12-27(13-11-23)34-21-28-7-6-16-33-28)26-18-24-9-8-22(17-25(24)19-26)20-31-14-4-2-3-5-15-31/h8-13,17,26,28H,2-7,14-16,18-21H2,1H3/t26-,28+/m1/s1. The van der Waals surface area contributed by atoms with Crippen LogP contribution < -0.4 is 4.74 Å². The van der Waals surface area contributed by atoms with E-state index in [9.17, 15) is 4.79 Å². The summed E-state index contributed by atoms with van der Waals surface area (Å²) in [4.78, 5) is 17.7. The molecule has 34 heavy (non-hydrogen) atoms. The average molecular weight is 463 g/mol. The van der Waals surface area contributed by atoms with E-state index < -0.39 is 0 Å². The summed E-state index contributed by atoms with van der Waals surface area (Å²) < 4.78 is 11.5. The van der Waals surface area contributed by atoms with Crippen LogP contribution in [0.3, 0.4) is 0 Å². The second-order valence-electron chi connectivity index (χ2n) is 10.2. The number of carbonyl (C=O) groups excluding carboxylic acids is 1. The van der Waals surface area contributed by atoms with E-state index in [2.05, 4.69) is 23.1 Å². The van der Waals surface area contributed by atoms with E-state index in [1.54, 1.807) is 0 Å². The summed E-state index contributed by atoms with van der Waals surface area (Å²) in [5, 5.41) is 0. The Balaban J connectivity index is 1.16. The van der Waals surface area contributed by atoms with Gasteiger partial charge in [-0.2, -0.15) is 0 Å². The van der Waals surface area contributed by atoms with Crippen molar-refractivity contribution in [1.82, 2.24) is 9.80 Å². The molecule has 5 rings (SSSR count). The highest BCUT2D eigenvalue weighted by Crippen LogP contribution is 2.28. The second-order valence-corrected chi connectivity index (χ2v) is 10.2. The van der Waals surface area contributed by atoms with Gasteiger partial charge in [-0.3, -0.25) is 9.69 Å². The highest BCUT2D eigenvalue weighted by atomic mass is 16.5. The van der Waals surface area contributed by atoms with E-state index in [1.807, 2.05) is 36.2 Å². The molecule has 2 aliphatic heterocycles. The molecule has 0 bridgehead atoms. The number of carbonyl (C=O) groups is 1. The molecule has 0 spiro atoms. The Kier molecular flexibility index (Phi) is 7.51. The average Bonchev–Trinajstić information content (AvgIpc) is 3.47. The molecule has 2 aromatic carbocycles. The SMILES string of the molecule is CN(C(=O)c1ccc(OC[C@@H]2CCCO2)cc1)[C@@H]1Cc2ccc(CN3CCCCCC3)cc2C1. The van der Waals surface area contributed by atoms with Crippen LogP contribution in [0, 0.1) is 0 Å². The van der Waals surface area contributed by atoms with Crippen molar-refractivity contribution in [2.45, 2.75) is 70.1 Å². The molecule has 2 aromatic rings. The van der Waals surface area contributed by atoms with Crippen LogP contribution in [0.2, 0.25) is 0 Å². The van der Waals surface area contributed by atoms with Gasteiger partial charge in [-0.15, -0.1) is 0 Å². The van der Waals surface area contributed by atoms with Gasteiger partial charge in [0.2, 0.25) is 0 Å². The molecule has 2 fully saturated rings. The first-order valence-corrected chi connectivity index (χ1v) is 13.1. The Morgan fingerprint density at radius 3 is 2.50 bits per heavy atom. The number of amides is 1. The molecule has 0 aromatic heterocycles. The third kappa shape index (κ3) is 5.64. The van der Waals surface area contributed by atoms with E-state index in [4.69, 9.17) is 9.47 Å². The molecule has 0 unspecified atom stereocenters. The van der Waals surface area contributed by atoms with Gasteiger partial charge in [-0.1, -0.05) is 31.0 Å². The van der Waals surface area contributed by atoms with Crippen molar-refractivity contribution >= 4 is 5.91 Å². The quantitative estimate of drug-likeness (QED) is 0.589. The van der Waals surface area contributed by atoms with Crippen LogP contribution >= 0.6 is 0 Å². The number of ether oxygens (including phenoxy) is 2. The fourth-order valence-electron chi connectivity index (χ4n) is 5.60. The van der Waals surface area contributed by atoms with Crippen LogP contribution in [0.5, 0.6) is 5.75 Å². The first-order chi connectivity index (χ1) is 16.7. The number of hydrogen-bond acceptors (Lipinski definition) is 4. The Hall–Kier alpha value is -2.37. The first-order valence-electron chi connectivity index (χ1n) is 13.1. The number of hydrogen-bond donors (Lipinski definition) is 0. The third-order valence-corrected chi connectivity index (χ3v) is 7.72. The van der Waals surface area contributed by atoms with Crippen molar-refractivity contribution in [3.05, 3.63) is 64.7 Å². The maximum absolute atomic E-state index is 13.2. The number of likely N-dealkylation sites (tertiary alicyclic amines) is 1. The number of benzene rings is 2. The zero-order valence-corrected chi connectivity index (χ0v) is 20.5. The lowest BCUT2D eigenvalue weighted by Crippen LogP contribution is -2.37. The predicted octanol–water partition coefficient (Wildman–Crippen LogP) is 4.86. The van der Waals surface area contributed by atoms with Gasteiger partial charge in [0, 0.05) is 31.8 Å². The number of likely N-dealkylation sites (N-methyl/N-ethyl adjacent to an activating group) is 1. The lowest BCUT2D eigenvalue weighted by atomic mass is 10.1. The minimum Gasteiger partial charge on any atom is -0.491 e. The van der Waals surface area contributed by atoms with Crippen LogP contribution in [0.25, 0.3) is 0 Å². The van der Waals surface area contributed by atoms with Crippen molar-refractivity contribution in [1.29, 1.82) is 0 Å². The number of rotatable bonds is 7. The zero-order chi connectivity index (χ0) is 23.3. The van der Waals surface area contributed by atoms with Crippen LogP contribution in [0.1, 0.15) is 65.6 Å². The van der Waals surface area contributed by atoms with E-state index in [0.717, 1.165) is 44.6 Å². The van der Waals surface area contributed by atoms with Crippen molar-refractivity contribution in [2.75, 3.05) is 33.4 Å². The molecular formula is C29H38N2O3. The molecule has 3 aliphatic rings. The van der Waals surface area contributed by atoms with Gasteiger partial charge < -0.3 is 14.4 Å². The van der Waals surface area contributed by atoms with Gasteiger partial charge in [-0.25, -0.2) is 0 Å². The molecule has 182 valence electrons. The van der Waals surface area contributed by atoms with Crippen LogP contribution in [0.15, 0.2) is 42.5 Å². The van der Waals surface area contributed by atoms with Crippen molar-refractivity contribution < 1.29 is 14.3 Å². The van der Waals surface area contributed by atoms with Gasteiger partial charge in [0.25, 0.3) is 5.91 Å². The number of fused-ring (bicyclic) bond motifs is 1. The van der Waals surface area contributed by atoms with Crippen LogP contribution in [0.4, 0.5) is 0 Å². The van der Waals surface area contributed by atoms with E-state index in [-0.39, 0.29) is 18.1 Å². The van der Waals surface area contributed by atoms with Crippen LogP contribution in [-0.4, -0.2) is 61.2 Å². The van der Waals surface area contributed by atoms with Crippen molar-refractivity contribution in [3.63, 3.8) is 0 Å². The molecule has 2 saturated heterocycles. The topological polar surface area (TPSA) is 42.0 Å². The summed E-state index contributed by atoms with van der Waals surface area (Å²) >= 11 is 0. The normalized spacial score (nSPS) is 22.9. The molecule has 5 heteroatoms. The third-order valence-electron chi connectivity index (χ3n) is 7.72. The van der Waals surface area contributed by atoms with Crippen molar-refractivity contribution in [3.8, 4) is 5.75 Å². The minimum absolute atomic E-state index is 0.0771. The van der Waals surface area contributed by atoms with Gasteiger partial charge in [0.1, 0.15) is 12.4 Å². The summed E-state index contributed by atoms with van der Waals surface area (Å²) in [5.41, 5.74) is 4.93. The van der Waals surface area contributed by atoms with E-state index in [0.29, 0.717) is 12.2 Å². The Morgan fingerprint density at radius 1 is 1.00 bits per heavy atom. The summed E-state index contributed by atoms with van der Waals surface area (Å²) in [6.45, 7) is 4.89.